The number of nitrogens with zero attached hydrogens (tertiary/aromatic N) is 3. The number of carbonyl (C=O) groups excluding carboxylic acids is 1. The van der Waals surface area contributed by atoms with Gasteiger partial charge in [-0.2, -0.15) is 0 Å². The minimum absolute atomic E-state index is 0.0862. The number of rotatable bonds is 3. The molecule has 0 aromatic heterocycles. The molecule has 0 unspecified atom stereocenters. The van der Waals surface area contributed by atoms with E-state index in [-0.39, 0.29) is 5.70 Å². The number of esters is 1. The molecule has 1 aromatic carbocycles. The van der Waals surface area contributed by atoms with Crippen molar-refractivity contribution >= 4 is 28.0 Å². The van der Waals surface area contributed by atoms with Gasteiger partial charge in [-0.15, -0.1) is 0 Å². The fourth-order valence-electron chi connectivity index (χ4n) is 1.02. The molecule has 0 N–H and O–H groups in total. The molecule has 0 heterocycles. The third-order valence-corrected chi connectivity index (χ3v) is 2.47. The van der Waals surface area contributed by atoms with Gasteiger partial charge in [-0.1, -0.05) is 39.2 Å². The third kappa shape index (κ3) is 3.12. The second-order valence-corrected chi connectivity index (χ2v) is 3.59. The third-order valence-electron chi connectivity index (χ3n) is 1.74. The van der Waals surface area contributed by atoms with E-state index in [0.29, 0.717) is 0 Å². The summed E-state index contributed by atoms with van der Waals surface area (Å²) in [5.41, 5.74) is 8.97. The van der Waals surface area contributed by atoms with Gasteiger partial charge < -0.3 is 4.74 Å². The van der Waals surface area contributed by atoms with Crippen molar-refractivity contribution < 1.29 is 9.53 Å². The predicted molar refractivity (Wildman–Crippen MR) is 63.3 cm³/mol. The second-order valence-electron chi connectivity index (χ2n) is 2.73. The molecule has 0 aliphatic heterocycles. The number of benzene rings is 1. The van der Waals surface area contributed by atoms with Gasteiger partial charge in [-0.05, 0) is 23.2 Å². The van der Waals surface area contributed by atoms with Gasteiger partial charge in [0, 0.05) is 9.38 Å². The quantitative estimate of drug-likeness (QED) is 0.280. The van der Waals surface area contributed by atoms with E-state index in [4.69, 9.17) is 5.53 Å². The van der Waals surface area contributed by atoms with Crippen molar-refractivity contribution in [3.63, 3.8) is 0 Å². The lowest BCUT2D eigenvalue weighted by atomic mass is 10.2. The zero-order valence-corrected chi connectivity index (χ0v) is 10.0. The van der Waals surface area contributed by atoms with E-state index in [1.54, 1.807) is 6.07 Å². The summed E-state index contributed by atoms with van der Waals surface area (Å²) in [6, 6.07) is 7.24. The number of hydrogen-bond acceptors (Lipinski definition) is 3. The molecule has 16 heavy (non-hydrogen) atoms. The Labute approximate surface area is 100 Å². The lowest BCUT2D eigenvalue weighted by Crippen LogP contribution is -2.01. The SMILES string of the molecule is COC(=O)C(=Cc1ccccc1Br)N=[N+]=[N-]. The summed E-state index contributed by atoms with van der Waals surface area (Å²) in [6.45, 7) is 0. The van der Waals surface area contributed by atoms with E-state index in [1.165, 1.54) is 13.2 Å². The predicted octanol–water partition coefficient (Wildman–Crippen LogP) is 3.27. The zero-order valence-electron chi connectivity index (χ0n) is 8.42. The van der Waals surface area contributed by atoms with Crippen molar-refractivity contribution in [2.45, 2.75) is 0 Å². The summed E-state index contributed by atoms with van der Waals surface area (Å²) in [6.07, 6.45) is 1.45. The molecule has 0 spiro atoms. The summed E-state index contributed by atoms with van der Waals surface area (Å²) >= 11 is 3.32. The maximum Gasteiger partial charge on any atom is 0.340 e. The molecule has 0 fully saturated rings. The Bertz CT molecular complexity index is 479. The van der Waals surface area contributed by atoms with Gasteiger partial charge in [0.25, 0.3) is 0 Å². The van der Waals surface area contributed by atoms with Gasteiger partial charge in [0.15, 0.2) is 0 Å². The lowest BCUT2D eigenvalue weighted by molar-refractivity contribution is -0.136. The Morgan fingerprint density at radius 1 is 1.56 bits per heavy atom. The van der Waals surface area contributed by atoms with Crippen LogP contribution in [-0.2, 0) is 9.53 Å². The number of methoxy groups -OCH3 is 1. The molecule has 0 amide bonds. The first kappa shape index (κ1) is 12.3. The first-order chi connectivity index (χ1) is 7.69. The molecule has 0 atom stereocenters. The van der Waals surface area contributed by atoms with E-state index in [2.05, 4.69) is 30.7 Å². The van der Waals surface area contributed by atoms with Crippen LogP contribution in [0, 0.1) is 0 Å². The molecular weight excluding hydrogens is 274 g/mol. The fourth-order valence-corrected chi connectivity index (χ4v) is 1.42. The first-order valence-electron chi connectivity index (χ1n) is 4.28. The number of azide groups is 1. The van der Waals surface area contributed by atoms with Crippen molar-refractivity contribution in [3.05, 3.63) is 50.4 Å². The van der Waals surface area contributed by atoms with Crippen LogP contribution >= 0.6 is 15.9 Å². The molecule has 0 radical (unpaired) electrons. The average Bonchev–Trinajstić information content (AvgIpc) is 2.30. The number of carbonyl (C=O) groups is 1. The minimum atomic E-state index is -0.673. The molecule has 0 saturated heterocycles. The smallest absolute Gasteiger partial charge is 0.340 e. The van der Waals surface area contributed by atoms with Crippen LogP contribution in [0.4, 0.5) is 0 Å². The van der Waals surface area contributed by atoms with E-state index in [0.717, 1.165) is 10.0 Å². The maximum atomic E-state index is 11.2. The Balaban J connectivity index is 3.17. The van der Waals surface area contributed by atoms with Gasteiger partial charge in [-0.25, -0.2) is 4.79 Å². The van der Waals surface area contributed by atoms with Crippen LogP contribution in [0.5, 0.6) is 0 Å². The highest BCUT2D eigenvalue weighted by molar-refractivity contribution is 9.10. The van der Waals surface area contributed by atoms with E-state index in [1.807, 2.05) is 18.2 Å². The Kier molecular flexibility index (Phi) is 4.57. The highest BCUT2D eigenvalue weighted by Gasteiger charge is 2.08. The molecule has 0 aliphatic carbocycles. The minimum Gasteiger partial charge on any atom is -0.466 e. The molecule has 6 heteroatoms. The molecule has 0 saturated carbocycles. The van der Waals surface area contributed by atoms with E-state index < -0.39 is 5.97 Å². The van der Waals surface area contributed by atoms with Crippen molar-refractivity contribution in [1.29, 1.82) is 0 Å². The van der Waals surface area contributed by atoms with E-state index >= 15 is 0 Å². The monoisotopic (exact) mass is 281 g/mol. The van der Waals surface area contributed by atoms with E-state index in [9.17, 15) is 4.79 Å². The second kappa shape index (κ2) is 5.95. The fraction of sp³-hybridized carbons (Fsp3) is 0.100. The highest BCUT2D eigenvalue weighted by atomic mass is 79.9. The molecular formula is C10H8BrN3O2. The van der Waals surface area contributed by atoms with Gasteiger partial charge >= 0.3 is 5.97 Å². The van der Waals surface area contributed by atoms with Gasteiger partial charge in [0.05, 0.1) is 7.11 Å². The number of hydrogen-bond donors (Lipinski definition) is 0. The first-order valence-corrected chi connectivity index (χ1v) is 5.08. The molecule has 1 aromatic rings. The Hall–Kier alpha value is -1.78. The number of ether oxygens (including phenoxy) is 1. The Morgan fingerprint density at radius 2 is 2.25 bits per heavy atom. The average molecular weight is 282 g/mol. The van der Waals surface area contributed by atoms with Crippen LogP contribution < -0.4 is 0 Å². The summed E-state index contributed by atoms with van der Waals surface area (Å²) < 4.78 is 5.29. The maximum absolute atomic E-state index is 11.2. The van der Waals surface area contributed by atoms with Crippen LogP contribution in [0.15, 0.2) is 39.5 Å². The van der Waals surface area contributed by atoms with Crippen LogP contribution in [0.2, 0.25) is 0 Å². The zero-order chi connectivity index (χ0) is 12.0. The molecule has 1 rings (SSSR count). The van der Waals surface area contributed by atoms with Crippen LogP contribution in [0.3, 0.4) is 0 Å². The van der Waals surface area contributed by atoms with Crippen LogP contribution in [0.1, 0.15) is 5.56 Å². The Morgan fingerprint density at radius 3 is 2.81 bits per heavy atom. The van der Waals surface area contributed by atoms with Gasteiger partial charge in [0.2, 0.25) is 0 Å². The van der Waals surface area contributed by atoms with Crippen molar-refractivity contribution in [3.8, 4) is 0 Å². The van der Waals surface area contributed by atoms with Crippen molar-refractivity contribution in [2.24, 2.45) is 5.11 Å². The summed E-state index contributed by atoms with van der Waals surface area (Å²) in [5.74, 6) is -0.673. The molecule has 0 aliphatic rings. The molecule has 0 bridgehead atoms. The van der Waals surface area contributed by atoms with Crippen molar-refractivity contribution in [2.75, 3.05) is 7.11 Å². The number of halogens is 1. The highest BCUT2D eigenvalue weighted by Crippen LogP contribution is 2.19. The summed E-state index contributed by atoms with van der Waals surface area (Å²) in [5, 5.41) is 3.28. The summed E-state index contributed by atoms with van der Waals surface area (Å²) in [7, 11) is 1.23. The standard InChI is InChI=1S/C10H8BrN3O2/c1-16-10(15)9(13-14-12)6-7-4-2-3-5-8(7)11/h2-6H,1H3. The molecule has 5 nitrogen and oxygen atoms in total. The molecule has 82 valence electrons. The normalized spacial score (nSPS) is 10.5. The van der Waals surface area contributed by atoms with Crippen LogP contribution in [0.25, 0.3) is 16.5 Å². The largest absolute Gasteiger partial charge is 0.466 e. The lowest BCUT2D eigenvalue weighted by Gasteiger charge is -2.00. The summed E-state index contributed by atoms with van der Waals surface area (Å²) in [4.78, 5) is 13.8. The van der Waals surface area contributed by atoms with Gasteiger partial charge in [0.1, 0.15) is 5.70 Å². The van der Waals surface area contributed by atoms with Gasteiger partial charge in [-0.3, -0.25) is 0 Å². The van der Waals surface area contributed by atoms with Crippen LogP contribution in [-0.4, -0.2) is 13.1 Å². The topological polar surface area (TPSA) is 75.1 Å². The van der Waals surface area contributed by atoms with Crippen molar-refractivity contribution in [1.82, 2.24) is 0 Å².